The number of hydrogen-bond acceptors (Lipinski definition) is 5. The first kappa shape index (κ1) is 24.6. The highest BCUT2D eigenvalue weighted by molar-refractivity contribution is 5.93. The molecule has 186 valence electrons. The van der Waals surface area contributed by atoms with Gasteiger partial charge >= 0.3 is 0 Å². The molecule has 7 nitrogen and oxygen atoms in total. The van der Waals surface area contributed by atoms with E-state index in [1.807, 2.05) is 13.8 Å². The molecule has 0 spiro atoms. The quantitative estimate of drug-likeness (QED) is 0.464. The van der Waals surface area contributed by atoms with Crippen LogP contribution in [0.25, 0.3) is 11.3 Å². The smallest absolute Gasteiger partial charge is 0.273 e. The molecular weight excluding hydrogens is 461 g/mol. The molecule has 3 aromatic rings. The number of benzene rings is 1. The van der Waals surface area contributed by atoms with Crippen molar-refractivity contribution in [1.82, 2.24) is 19.7 Å². The molecule has 0 radical (unpaired) electrons. The minimum atomic E-state index is -1.51. The highest BCUT2D eigenvalue weighted by atomic mass is 19.2. The Morgan fingerprint density at radius 1 is 1.09 bits per heavy atom. The van der Waals surface area contributed by atoms with E-state index in [2.05, 4.69) is 10.1 Å². The highest BCUT2D eigenvalue weighted by Crippen LogP contribution is 2.41. The summed E-state index contributed by atoms with van der Waals surface area (Å²) in [5.41, 5.74) is 2.35. The number of pyridine rings is 1. The van der Waals surface area contributed by atoms with Gasteiger partial charge in [0.2, 0.25) is 0 Å². The molecule has 0 N–H and O–H groups in total. The minimum absolute atomic E-state index is 0.198. The number of halogens is 3. The van der Waals surface area contributed by atoms with E-state index in [-0.39, 0.29) is 35.1 Å². The number of ether oxygens (including phenoxy) is 2. The number of nitrogens with zero attached hydrogens (tertiary/aromatic N) is 4. The molecule has 35 heavy (non-hydrogen) atoms. The van der Waals surface area contributed by atoms with Crippen LogP contribution in [0.5, 0.6) is 11.6 Å². The maximum Gasteiger partial charge on any atom is 0.273 e. The predicted octanol–water partition coefficient (Wildman–Crippen LogP) is 4.84. The van der Waals surface area contributed by atoms with Crippen LogP contribution in [0.3, 0.4) is 0 Å². The van der Waals surface area contributed by atoms with Gasteiger partial charge in [0.1, 0.15) is 5.69 Å². The van der Waals surface area contributed by atoms with Crippen molar-refractivity contribution in [2.24, 2.45) is 7.05 Å². The fourth-order valence-electron chi connectivity index (χ4n) is 4.85. The fraction of sp³-hybridized carbons (Fsp3) is 0.400. The van der Waals surface area contributed by atoms with Crippen LogP contribution in [0.15, 0.2) is 24.3 Å². The van der Waals surface area contributed by atoms with Crippen LogP contribution in [-0.2, 0) is 13.5 Å². The number of methoxy groups -OCH3 is 2. The highest BCUT2D eigenvalue weighted by Gasteiger charge is 2.40. The van der Waals surface area contributed by atoms with Crippen molar-refractivity contribution < 1.29 is 27.4 Å². The normalized spacial score (nSPS) is 17.3. The molecule has 0 bridgehead atoms. The molecule has 2 unspecified atom stereocenters. The number of carbonyl (C=O) groups is 1. The number of hydrogen-bond donors (Lipinski definition) is 0. The van der Waals surface area contributed by atoms with Crippen LogP contribution in [0.4, 0.5) is 13.2 Å². The number of aryl methyl sites for hydroxylation is 1. The van der Waals surface area contributed by atoms with Crippen molar-refractivity contribution >= 4 is 5.91 Å². The summed E-state index contributed by atoms with van der Waals surface area (Å²) in [5, 5.41) is 4.64. The number of amides is 1. The second-order valence-corrected chi connectivity index (χ2v) is 8.40. The van der Waals surface area contributed by atoms with Gasteiger partial charge in [0.05, 0.1) is 31.6 Å². The lowest BCUT2D eigenvalue weighted by Gasteiger charge is -2.41. The van der Waals surface area contributed by atoms with E-state index < -0.39 is 17.5 Å². The van der Waals surface area contributed by atoms with Gasteiger partial charge in [0.15, 0.2) is 23.2 Å². The van der Waals surface area contributed by atoms with Crippen LogP contribution < -0.4 is 9.47 Å². The summed E-state index contributed by atoms with van der Waals surface area (Å²) in [6, 6.07) is 4.57. The van der Waals surface area contributed by atoms with Gasteiger partial charge in [-0.25, -0.2) is 18.2 Å². The largest absolute Gasteiger partial charge is 0.491 e. The van der Waals surface area contributed by atoms with Gasteiger partial charge in [-0.2, -0.15) is 5.10 Å². The Hall–Kier alpha value is -3.56. The minimum Gasteiger partial charge on any atom is -0.491 e. The summed E-state index contributed by atoms with van der Waals surface area (Å²) in [5.74, 6) is -3.69. The first-order chi connectivity index (χ1) is 16.7. The first-order valence-electron chi connectivity index (χ1n) is 11.4. The van der Waals surface area contributed by atoms with Crippen molar-refractivity contribution in [3.63, 3.8) is 0 Å². The molecule has 1 aliphatic rings. The molecule has 10 heteroatoms. The zero-order chi connectivity index (χ0) is 25.4. The SMILES string of the molecule is CCC1Cc2c(nn(C)c2-c2cc(F)c(F)c(F)c2)C(CC)N1C(=O)c1ccc(OC)c(OC)n1. The van der Waals surface area contributed by atoms with Gasteiger partial charge in [-0.15, -0.1) is 0 Å². The van der Waals surface area contributed by atoms with E-state index in [1.54, 1.807) is 24.1 Å². The van der Waals surface area contributed by atoms with Gasteiger partial charge in [-0.1, -0.05) is 13.8 Å². The van der Waals surface area contributed by atoms with Gasteiger partial charge in [0.25, 0.3) is 11.8 Å². The lowest BCUT2D eigenvalue weighted by molar-refractivity contribution is 0.0505. The predicted molar refractivity (Wildman–Crippen MR) is 123 cm³/mol. The third kappa shape index (κ3) is 4.11. The molecular formula is C25H27F3N4O3. The van der Waals surface area contributed by atoms with Crippen molar-refractivity contribution in [3.05, 3.63) is 58.7 Å². The lowest BCUT2D eigenvalue weighted by atomic mass is 9.87. The summed E-state index contributed by atoms with van der Waals surface area (Å²) in [4.78, 5) is 19.8. The van der Waals surface area contributed by atoms with E-state index in [0.29, 0.717) is 36.4 Å². The molecule has 0 saturated carbocycles. The number of aromatic nitrogens is 3. The zero-order valence-electron chi connectivity index (χ0n) is 20.2. The Morgan fingerprint density at radius 2 is 1.77 bits per heavy atom. The molecule has 2 atom stereocenters. The fourth-order valence-corrected chi connectivity index (χ4v) is 4.85. The molecule has 1 amide bonds. The maximum absolute atomic E-state index is 14.0. The van der Waals surface area contributed by atoms with Gasteiger partial charge in [-0.05, 0) is 43.5 Å². The third-order valence-electron chi connectivity index (χ3n) is 6.47. The monoisotopic (exact) mass is 488 g/mol. The summed E-state index contributed by atoms with van der Waals surface area (Å²) in [7, 11) is 4.61. The van der Waals surface area contributed by atoms with Crippen LogP contribution in [0.2, 0.25) is 0 Å². The van der Waals surface area contributed by atoms with Gasteiger partial charge in [0, 0.05) is 24.2 Å². The second-order valence-electron chi connectivity index (χ2n) is 8.40. The van der Waals surface area contributed by atoms with E-state index >= 15 is 0 Å². The Kier molecular flexibility index (Phi) is 6.73. The topological polar surface area (TPSA) is 69.5 Å². The molecule has 1 aromatic carbocycles. The van der Waals surface area contributed by atoms with E-state index in [9.17, 15) is 18.0 Å². The molecule has 3 heterocycles. The summed E-state index contributed by atoms with van der Waals surface area (Å²) < 4.78 is 53.7. The zero-order valence-corrected chi connectivity index (χ0v) is 20.2. The Balaban J connectivity index is 1.81. The van der Waals surface area contributed by atoms with E-state index in [4.69, 9.17) is 9.47 Å². The Morgan fingerprint density at radius 3 is 2.34 bits per heavy atom. The van der Waals surface area contributed by atoms with Crippen LogP contribution in [0.1, 0.15) is 54.5 Å². The number of rotatable bonds is 6. The molecule has 0 saturated heterocycles. The van der Waals surface area contributed by atoms with Crippen molar-refractivity contribution in [3.8, 4) is 22.9 Å². The average molecular weight is 489 g/mol. The molecule has 1 aliphatic heterocycles. The molecule has 2 aromatic heterocycles. The number of carbonyl (C=O) groups excluding carboxylic acids is 1. The third-order valence-corrected chi connectivity index (χ3v) is 6.47. The van der Waals surface area contributed by atoms with Gasteiger partial charge < -0.3 is 14.4 Å². The summed E-state index contributed by atoms with van der Waals surface area (Å²) in [6.07, 6.45) is 1.62. The summed E-state index contributed by atoms with van der Waals surface area (Å²) in [6.45, 7) is 3.92. The standard InChI is InChI=1S/C25H27F3N4O3/c1-6-14-12-15-22(30-31(3)23(15)13-10-16(26)21(28)17(27)11-13)19(7-2)32(14)25(33)18-8-9-20(34-4)24(29-18)35-5/h8-11,14,19H,6-7,12H2,1-5H3. The summed E-state index contributed by atoms with van der Waals surface area (Å²) >= 11 is 0. The Labute approximate surface area is 201 Å². The Bertz CT molecular complexity index is 1250. The maximum atomic E-state index is 14.0. The first-order valence-corrected chi connectivity index (χ1v) is 11.4. The average Bonchev–Trinajstić information content (AvgIpc) is 3.19. The lowest BCUT2D eigenvalue weighted by Crippen LogP contribution is -2.47. The van der Waals surface area contributed by atoms with Crippen LogP contribution >= 0.6 is 0 Å². The van der Waals surface area contributed by atoms with Crippen molar-refractivity contribution in [2.75, 3.05) is 14.2 Å². The van der Waals surface area contributed by atoms with Crippen molar-refractivity contribution in [2.45, 2.75) is 45.2 Å². The molecule has 0 aliphatic carbocycles. The van der Waals surface area contributed by atoms with E-state index in [0.717, 1.165) is 17.7 Å². The van der Waals surface area contributed by atoms with Crippen LogP contribution in [-0.4, -0.2) is 45.8 Å². The van der Waals surface area contributed by atoms with Crippen LogP contribution in [0, 0.1) is 17.5 Å². The molecule has 0 fully saturated rings. The van der Waals surface area contributed by atoms with Gasteiger partial charge in [-0.3, -0.25) is 9.48 Å². The second kappa shape index (κ2) is 9.59. The molecule has 4 rings (SSSR count). The number of fused-ring (bicyclic) bond motifs is 1. The van der Waals surface area contributed by atoms with E-state index in [1.165, 1.54) is 18.9 Å². The van der Waals surface area contributed by atoms with Crippen molar-refractivity contribution in [1.29, 1.82) is 0 Å².